The monoisotopic (exact) mass is 328 g/mol. The van der Waals surface area contributed by atoms with E-state index in [1.807, 2.05) is 31.2 Å². The molecule has 1 saturated heterocycles. The second kappa shape index (κ2) is 8.36. The van der Waals surface area contributed by atoms with E-state index in [1.54, 1.807) is 7.11 Å². The summed E-state index contributed by atoms with van der Waals surface area (Å²) in [6.07, 6.45) is 1.89. The van der Waals surface area contributed by atoms with Crippen molar-refractivity contribution in [2.24, 2.45) is 5.73 Å². The number of rotatable bonds is 5. The molecule has 1 aromatic rings. The van der Waals surface area contributed by atoms with Crippen LogP contribution < -0.4 is 15.8 Å². The summed E-state index contributed by atoms with van der Waals surface area (Å²) in [5.74, 6) is 0.743. The van der Waals surface area contributed by atoms with E-state index >= 15 is 0 Å². The fourth-order valence-corrected chi connectivity index (χ4v) is 2.53. The van der Waals surface area contributed by atoms with Crippen molar-refractivity contribution in [3.05, 3.63) is 29.8 Å². The summed E-state index contributed by atoms with van der Waals surface area (Å²) >= 11 is 0. The van der Waals surface area contributed by atoms with Crippen molar-refractivity contribution in [3.8, 4) is 5.75 Å². The first-order chi connectivity index (χ1) is 10.0. The summed E-state index contributed by atoms with van der Waals surface area (Å²) in [6.45, 7) is 3.09. The molecule has 124 valence electrons. The van der Waals surface area contributed by atoms with Crippen LogP contribution in [0.3, 0.4) is 0 Å². The molecule has 0 bridgehead atoms. The number of hydrogen-bond donors (Lipinski definition) is 2. The van der Waals surface area contributed by atoms with Crippen LogP contribution in [0.5, 0.6) is 5.75 Å². The molecule has 1 heterocycles. The molecule has 0 aromatic heterocycles. The minimum Gasteiger partial charge on any atom is -0.497 e. The van der Waals surface area contributed by atoms with Crippen LogP contribution in [-0.4, -0.2) is 37.8 Å². The first kappa shape index (κ1) is 18.7. The van der Waals surface area contributed by atoms with Crippen molar-refractivity contribution in [3.63, 3.8) is 0 Å². The molecular weight excluding hydrogens is 304 g/mol. The van der Waals surface area contributed by atoms with E-state index < -0.39 is 5.54 Å². The lowest BCUT2D eigenvalue weighted by Gasteiger charge is -2.33. The van der Waals surface area contributed by atoms with Gasteiger partial charge in [0.05, 0.1) is 12.6 Å². The number of hydrogen-bond acceptors (Lipinski definition) is 4. The van der Waals surface area contributed by atoms with Crippen LogP contribution in [0.25, 0.3) is 0 Å². The first-order valence-electron chi connectivity index (χ1n) is 7.34. The molecule has 1 fully saturated rings. The Bertz CT molecular complexity index is 490. The molecule has 1 aromatic carbocycles. The van der Waals surface area contributed by atoms with Gasteiger partial charge in [0.1, 0.15) is 5.75 Å². The third-order valence-electron chi connectivity index (χ3n) is 3.89. The molecule has 3 N–H and O–H groups in total. The molecule has 1 aliphatic rings. The molecule has 1 aliphatic heterocycles. The third kappa shape index (κ3) is 4.87. The second-order valence-corrected chi connectivity index (χ2v) is 5.70. The van der Waals surface area contributed by atoms with Gasteiger partial charge in [0.15, 0.2) is 0 Å². The first-order valence-corrected chi connectivity index (χ1v) is 7.34. The summed E-state index contributed by atoms with van der Waals surface area (Å²) in [7, 11) is 1.65. The quantitative estimate of drug-likeness (QED) is 0.862. The van der Waals surface area contributed by atoms with Gasteiger partial charge in [-0.25, -0.2) is 0 Å². The molecule has 0 spiro atoms. The second-order valence-electron chi connectivity index (χ2n) is 5.70. The molecular formula is C16H25ClN2O3. The largest absolute Gasteiger partial charge is 0.497 e. The van der Waals surface area contributed by atoms with Gasteiger partial charge in [0, 0.05) is 19.3 Å². The summed E-state index contributed by atoms with van der Waals surface area (Å²) < 4.78 is 10.5. The predicted molar refractivity (Wildman–Crippen MR) is 88.5 cm³/mol. The molecule has 0 radical (unpaired) electrons. The number of nitrogens with two attached hydrogens (primary N) is 1. The molecule has 1 amide bonds. The Morgan fingerprint density at radius 2 is 2.14 bits per heavy atom. The van der Waals surface area contributed by atoms with Gasteiger partial charge in [-0.05, 0) is 43.9 Å². The standard InChI is InChI=1S/C16H24N2O3.ClH/c1-12(10-13-4-3-5-14(11-13)20-2)18-15(19)16(17)6-8-21-9-7-16;/h3-5,11-12H,6-10,17H2,1-2H3,(H,18,19);1H. The van der Waals surface area contributed by atoms with Crippen molar-refractivity contribution in [1.29, 1.82) is 0 Å². The molecule has 6 heteroatoms. The predicted octanol–water partition coefficient (Wildman–Crippen LogP) is 1.67. The smallest absolute Gasteiger partial charge is 0.240 e. The maximum absolute atomic E-state index is 12.3. The van der Waals surface area contributed by atoms with Gasteiger partial charge in [0.25, 0.3) is 0 Å². The number of ether oxygens (including phenoxy) is 2. The number of nitrogens with one attached hydrogen (secondary N) is 1. The van der Waals surface area contributed by atoms with E-state index in [-0.39, 0.29) is 24.4 Å². The highest BCUT2D eigenvalue weighted by atomic mass is 35.5. The molecule has 1 atom stereocenters. The zero-order valence-corrected chi connectivity index (χ0v) is 13.9. The normalized spacial score (nSPS) is 18.0. The average molecular weight is 329 g/mol. The number of halogens is 1. The fourth-order valence-electron chi connectivity index (χ4n) is 2.53. The lowest BCUT2D eigenvalue weighted by molar-refractivity contribution is -0.130. The SMILES string of the molecule is COc1cccc(CC(C)NC(=O)C2(N)CCOCC2)c1.Cl. The highest BCUT2D eigenvalue weighted by Crippen LogP contribution is 2.19. The summed E-state index contributed by atoms with van der Waals surface area (Å²) in [5, 5.41) is 3.02. The van der Waals surface area contributed by atoms with Crippen LogP contribution in [0.1, 0.15) is 25.3 Å². The van der Waals surface area contributed by atoms with Crippen molar-refractivity contribution in [2.75, 3.05) is 20.3 Å². The van der Waals surface area contributed by atoms with Gasteiger partial charge < -0.3 is 20.5 Å². The van der Waals surface area contributed by atoms with Gasteiger partial charge >= 0.3 is 0 Å². The Morgan fingerprint density at radius 1 is 1.45 bits per heavy atom. The maximum atomic E-state index is 12.3. The van der Waals surface area contributed by atoms with Gasteiger partial charge in [-0.1, -0.05) is 12.1 Å². The number of carbonyl (C=O) groups excluding carboxylic acids is 1. The van der Waals surface area contributed by atoms with Crippen molar-refractivity contribution >= 4 is 18.3 Å². The topological polar surface area (TPSA) is 73.6 Å². The van der Waals surface area contributed by atoms with E-state index in [2.05, 4.69) is 5.32 Å². The minimum absolute atomic E-state index is 0. The third-order valence-corrected chi connectivity index (χ3v) is 3.89. The minimum atomic E-state index is -0.791. The van der Waals surface area contributed by atoms with Crippen LogP contribution in [0.4, 0.5) is 0 Å². The number of carbonyl (C=O) groups is 1. The fraction of sp³-hybridized carbons (Fsp3) is 0.562. The van der Waals surface area contributed by atoms with Crippen LogP contribution >= 0.6 is 12.4 Å². The molecule has 22 heavy (non-hydrogen) atoms. The van der Waals surface area contributed by atoms with Gasteiger partial charge in [-0.3, -0.25) is 4.79 Å². The van der Waals surface area contributed by atoms with Crippen LogP contribution in [0.15, 0.2) is 24.3 Å². The maximum Gasteiger partial charge on any atom is 0.240 e. The molecule has 0 aliphatic carbocycles. The Labute approximate surface area is 138 Å². The highest BCUT2D eigenvalue weighted by molar-refractivity contribution is 5.86. The van der Waals surface area contributed by atoms with Crippen LogP contribution in [-0.2, 0) is 16.0 Å². The summed E-state index contributed by atoms with van der Waals surface area (Å²) in [6, 6.07) is 7.88. The summed E-state index contributed by atoms with van der Waals surface area (Å²) in [5.41, 5.74) is 6.51. The molecule has 0 saturated carbocycles. The lowest BCUT2D eigenvalue weighted by atomic mass is 9.90. The van der Waals surface area contributed by atoms with Gasteiger partial charge in [-0.15, -0.1) is 12.4 Å². The number of benzene rings is 1. The van der Waals surface area contributed by atoms with Crippen LogP contribution in [0, 0.1) is 0 Å². The van der Waals surface area contributed by atoms with E-state index in [1.165, 1.54) is 0 Å². The van der Waals surface area contributed by atoms with E-state index in [0.29, 0.717) is 26.1 Å². The lowest BCUT2D eigenvalue weighted by Crippen LogP contribution is -2.58. The zero-order valence-electron chi connectivity index (χ0n) is 13.1. The molecule has 2 rings (SSSR count). The van der Waals surface area contributed by atoms with E-state index in [9.17, 15) is 4.79 Å². The Hall–Kier alpha value is -1.30. The average Bonchev–Trinajstić information content (AvgIpc) is 2.48. The van der Waals surface area contributed by atoms with Crippen molar-refractivity contribution in [1.82, 2.24) is 5.32 Å². The van der Waals surface area contributed by atoms with Crippen molar-refractivity contribution < 1.29 is 14.3 Å². The zero-order chi connectivity index (χ0) is 15.3. The van der Waals surface area contributed by atoms with Crippen molar-refractivity contribution in [2.45, 2.75) is 37.8 Å². The number of methoxy groups -OCH3 is 1. The van der Waals surface area contributed by atoms with E-state index in [4.69, 9.17) is 15.2 Å². The van der Waals surface area contributed by atoms with Gasteiger partial charge in [-0.2, -0.15) is 0 Å². The number of amides is 1. The van der Waals surface area contributed by atoms with E-state index in [0.717, 1.165) is 17.7 Å². The molecule has 1 unspecified atom stereocenters. The summed E-state index contributed by atoms with van der Waals surface area (Å²) in [4.78, 5) is 12.3. The Kier molecular flexibility index (Phi) is 7.13. The van der Waals surface area contributed by atoms with Crippen LogP contribution in [0.2, 0.25) is 0 Å². The Balaban J connectivity index is 0.00000242. The molecule has 5 nitrogen and oxygen atoms in total. The highest BCUT2D eigenvalue weighted by Gasteiger charge is 2.36. The van der Waals surface area contributed by atoms with Gasteiger partial charge in [0.2, 0.25) is 5.91 Å². The Morgan fingerprint density at radius 3 is 2.77 bits per heavy atom.